The highest BCUT2D eigenvalue weighted by Gasteiger charge is 2.14. The number of esters is 1. The first kappa shape index (κ1) is 14.2. The van der Waals surface area contributed by atoms with Crippen molar-refractivity contribution in [3.05, 3.63) is 22.4 Å². The third kappa shape index (κ3) is 4.85. The first-order chi connectivity index (χ1) is 8.15. The van der Waals surface area contributed by atoms with Gasteiger partial charge >= 0.3 is 5.97 Å². The largest absolute Gasteiger partial charge is 0.466 e. The van der Waals surface area contributed by atoms with Gasteiger partial charge in [-0.3, -0.25) is 4.79 Å². The molecule has 2 unspecified atom stereocenters. The number of carbonyl (C=O) groups is 1. The van der Waals surface area contributed by atoms with Gasteiger partial charge in [-0.25, -0.2) is 0 Å². The number of rotatable bonds is 7. The van der Waals surface area contributed by atoms with Crippen LogP contribution in [-0.2, 0) is 9.53 Å². The van der Waals surface area contributed by atoms with Crippen molar-refractivity contribution >= 4 is 17.3 Å². The van der Waals surface area contributed by atoms with Crippen molar-refractivity contribution in [2.75, 3.05) is 19.7 Å². The fraction of sp³-hybridized carbons (Fsp3) is 0.583. The Morgan fingerprint density at radius 1 is 1.59 bits per heavy atom. The van der Waals surface area contributed by atoms with E-state index in [9.17, 15) is 9.90 Å². The molecule has 0 amide bonds. The molecule has 17 heavy (non-hydrogen) atoms. The number of hydrogen-bond acceptors (Lipinski definition) is 5. The van der Waals surface area contributed by atoms with Gasteiger partial charge in [0, 0.05) is 13.1 Å². The summed E-state index contributed by atoms with van der Waals surface area (Å²) < 4.78 is 4.89. The average molecular weight is 257 g/mol. The molecule has 0 aliphatic heterocycles. The molecule has 96 valence electrons. The van der Waals surface area contributed by atoms with Gasteiger partial charge in [0.1, 0.15) is 0 Å². The van der Waals surface area contributed by atoms with Gasteiger partial charge in [-0.05, 0) is 29.3 Å². The molecule has 0 fully saturated rings. The van der Waals surface area contributed by atoms with Crippen LogP contribution in [0.15, 0.2) is 16.8 Å². The highest BCUT2D eigenvalue weighted by molar-refractivity contribution is 7.07. The Bertz CT molecular complexity index is 327. The summed E-state index contributed by atoms with van der Waals surface area (Å²) in [7, 11) is 0. The van der Waals surface area contributed by atoms with Gasteiger partial charge in [0.05, 0.1) is 18.6 Å². The van der Waals surface area contributed by atoms with E-state index in [0.717, 1.165) is 5.56 Å². The van der Waals surface area contributed by atoms with E-state index in [2.05, 4.69) is 5.32 Å². The Labute approximate surface area is 106 Å². The molecule has 1 aromatic rings. The second kappa shape index (κ2) is 7.42. The van der Waals surface area contributed by atoms with Crippen LogP contribution in [0, 0.1) is 5.92 Å². The van der Waals surface area contributed by atoms with Crippen LogP contribution >= 0.6 is 11.3 Å². The van der Waals surface area contributed by atoms with Crippen LogP contribution in [0.4, 0.5) is 0 Å². The van der Waals surface area contributed by atoms with E-state index >= 15 is 0 Å². The Hall–Kier alpha value is -0.910. The minimum absolute atomic E-state index is 0.190. The second-order valence-electron chi connectivity index (χ2n) is 3.88. The van der Waals surface area contributed by atoms with E-state index in [1.807, 2.05) is 23.8 Å². The minimum atomic E-state index is -0.518. The first-order valence-corrected chi connectivity index (χ1v) is 6.67. The summed E-state index contributed by atoms with van der Waals surface area (Å²) in [6.45, 7) is 4.96. The molecule has 0 bridgehead atoms. The lowest BCUT2D eigenvalue weighted by atomic mass is 10.1. The Kier molecular flexibility index (Phi) is 6.18. The van der Waals surface area contributed by atoms with E-state index in [0.29, 0.717) is 19.7 Å². The predicted octanol–water partition coefficient (Wildman–Crippen LogP) is 1.57. The number of aliphatic hydroxyl groups excluding tert-OH is 1. The van der Waals surface area contributed by atoms with E-state index in [1.165, 1.54) is 0 Å². The van der Waals surface area contributed by atoms with Gasteiger partial charge in [0.2, 0.25) is 0 Å². The van der Waals surface area contributed by atoms with Gasteiger partial charge < -0.3 is 15.2 Å². The molecule has 1 rings (SSSR count). The van der Waals surface area contributed by atoms with E-state index < -0.39 is 6.10 Å². The average Bonchev–Trinajstić information content (AvgIpc) is 2.82. The molecule has 5 heteroatoms. The summed E-state index contributed by atoms with van der Waals surface area (Å²) in [5.74, 6) is -0.394. The van der Waals surface area contributed by atoms with Crippen LogP contribution < -0.4 is 5.32 Å². The summed E-state index contributed by atoms with van der Waals surface area (Å²) in [5, 5.41) is 16.7. The summed E-state index contributed by atoms with van der Waals surface area (Å²) in [6, 6.07) is 1.89. The lowest BCUT2D eigenvalue weighted by molar-refractivity contribution is -0.147. The molecule has 1 aromatic heterocycles. The van der Waals surface area contributed by atoms with Crippen molar-refractivity contribution in [3.8, 4) is 0 Å². The van der Waals surface area contributed by atoms with Crippen LogP contribution in [0.2, 0.25) is 0 Å². The first-order valence-electron chi connectivity index (χ1n) is 5.72. The maximum absolute atomic E-state index is 11.3. The van der Waals surface area contributed by atoms with Gasteiger partial charge in [-0.15, -0.1) is 0 Å². The second-order valence-corrected chi connectivity index (χ2v) is 4.66. The molecular weight excluding hydrogens is 238 g/mol. The molecular formula is C12H19NO3S. The smallest absolute Gasteiger partial charge is 0.309 e. The molecule has 0 spiro atoms. The number of carbonyl (C=O) groups excluding carboxylic acids is 1. The topological polar surface area (TPSA) is 58.6 Å². The van der Waals surface area contributed by atoms with Crippen LogP contribution in [-0.4, -0.2) is 30.8 Å². The van der Waals surface area contributed by atoms with Gasteiger partial charge in [-0.2, -0.15) is 11.3 Å². The quantitative estimate of drug-likeness (QED) is 0.728. The van der Waals surface area contributed by atoms with Crippen LogP contribution in [0.3, 0.4) is 0 Å². The van der Waals surface area contributed by atoms with Crippen molar-refractivity contribution in [2.45, 2.75) is 20.0 Å². The third-order valence-corrected chi connectivity index (χ3v) is 3.11. The summed E-state index contributed by atoms with van der Waals surface area (Å²) in [5.41, 5.74) is 0.909. The normalized spacial score (nSPS) is 14.3. The fourth-order valence-corrected chi connectivity index (χ4v) is 2.09. The van der Waals surface area contributed by atoms with Crippen molar-refractivity contribution in [3.63, 3.8) is 0 Å². The van der Waals surface area contributed by atoms with Crippen molar-refractivity contribution < 1.29 is 14.6 Å². The monoisotopic (exact) mass is 257 g/mol. The number of aliphatic hydroxyl groups is 1. The number of thiophene rings is 1. The molecule has 0 aliphatic rings. The van der Waals surface area contributed by atoms with Crippen molar-refractivity contribution in [1.82, 2.24) is 5.32 Å². The molecule has 1 heterocycles. The Morgan fingerprint density at radius 3 is 2.94 bits per heavy atom. The number of hydrogen-bond donors (Lipinski definition) is 2. The van der Waals surface area contributed by atoms with E-state index in [-0.39, 0.29) is 11.9 Å². The molecule has 4 nitrogen and oxygen atoms in total. The zero-order chi connectivity index (χ0) is 12.7. The van der Waals surface area contributed by atoms with Crippen molar-refractivity contribution in [1.29, 1.82) is 0 Å². The SMILES string of the molecule is CCOC(=O)C(C)CNCC(O)c1ccsc1. The standard InChI is InChI=1S/C12H19NO3S/c1-3-16-12(15)9(2)6-13-7-11(14)10-4-5-17-8-10/h4-5,8-9,11,13-14H,3,6-7H2,1-2H3. The van der Waals surface area contributed by atoms with Crippen LogP contribution in [0.1, 0.15) is 25.5 Å². The molecule has 0 radical (unpaired) electrons. The number of ether oxygens (including phenoxy) is 1. The lowest BCUT2D eigenvalue weighted by Crippen LogP contribution is -2.30. The summed E-state index contributed by atoms with van der Waals surface area (Å²) in [4.78, 5) is 11.3. The number of nitrogens with one attached hydrogen (secondary N) is 1. The highest BCUT2D eigenvalue weighted by atomic mass is 32.1. The summed E-state index contributed by atoms with van der Waals surface area (Å²) >= 11 is 1.56. The molecule has 2 atom stereocenters. The van der Waals surface area contributed by atoms with Gasteiger partial charge in [0.25, 0.3) is 0 Å². The van der Waals surface area contributed by atoms with Gasteiger partial charge in [-0.1, -0.05) is 6.92 Å². The molecule has 0 saturated heterocycles. The Balaban J connectivity index is 2.21. The molecule has 2 N–H and O–H groups in total. The highest BCUT2D eigenvalue weighted by Crippen LogP contribution is 2.15. The van der Waals surface area contributed by atoms with Crippen LogP contribution in [0.5, 0.6) is 0 Å². The van der Waals surface area contributed by atoms with Gasteiger partial charge in [0.15, 0.2) is 0 Å². The lowest BCUT2D eigenvalue weighted by Gasteiger charge is -2.14. The molecule has 0 aromatic carbocycles. The minimum Gasteiger partial charge on any atom is -0.466 e. The molecule has 0 aliphatic carbocycles. The zero-order valence-electron chi connectivity index (χ0n) is 10.2. The predicted molar refractivity (Wildman–Crippen MR) is 67.9 cm³/mol. The van der Waals surface area contributed by atoms with E-state index in [4.69, 9.17) is 4.74 Å². The third-order valence-electron chi connectivity index (χ3n) is 2.41. The molecule has 0 saturated carbocycles. The van der Waals surface area contributed by atoms with E-state index in [1.54, 1.807) is 18.3 Å². The Morgan fingerprint density at radius 2 is 2.35 bits per heavy atom. The van der Waals surface area contributed by atoms with Crippen molar-refractivity contribution in [2.24, 2.45) is 5.92 Å². The fourth-order valence-electron chi connectivity index (χ4n) is 1.39. The maximum Gasteiger partial charge on any atom is 0.309 e. The summed E-state index contributed by atoms with van der Waals surface area (Å²) in [6.07, 6.45) is -0.518. The maximum atomic E-state index is 11.3. The van der Waals surface area contributed by atoms with Crippen LogP contribution in [0.25, 0.3) is 0 Å². The zero-order valence-corrected chi connectivity index (χ0v) is 11.0.